The van der Waals surface area contributed by atoms with E-state index in [2.05, 4.69) is 4.90 Å². The third-order valence-corrected chi connectivity index (χ3v) is 4.10. The van der Waals surface area contributed by atoms with Gasteiger partial charge in [-0.3, -0.25) is 4.90 Å². The van der Waals surface area contributed by atoms with Gasteiger partial charge in [0, 0.05) is 25.1 Å². The van der Waals surface area contributed by atoms with Crippen LogP contribution in [0.15, 0.2) is 0 Å². The summed E-state index contributed by atoms with van der Waals surface area (Å²) in [6, 6.07) is 0.123. The van der Waals surface area contributed by atoms with Crippen LogP contribution in [0.1, 0.15) is 25.7 Å². The molecular weight excluding hydrogens is 206 g/mol. The molecule has 1 aliphatic heterocycles. The smallest absolute Gasteiger partial charge is 0.0644 e. The Balaban J connectivity index is 1.95. The molecule has 1 saturated heterocycles. The van der Waals surface area contributed by atoms with Crippen molar-refractivity contribution >= 4 is 0 Å². The first-order valence-corrected chi connectivity index (χ1v) is 6.33. The molecule has 1 aliphatic carbocycles. The van der Waals surface area contributed by atoms with Crippen LogP contribution in [0.5, 0.6) is 0 Å². The maximum Gasteiger partial charge on any atom is 0.0644 e. The third-order valence-electron chi connectivity index (χ3n) is 4.10. The molecule has 0 aromatic rings. The van der Waals surface area contributed by atoms with E-state index < -0.39 is 0 Å². The Kier molecular flexibility index (Phi) is 4.19. The number of nitrogens with zero attached hydrogens (tertiary/aromatic N) is 1. The zero-order chi connectivity index (χ0) is 11.4. The molecule has 0 aromatic heterocycles. The second kappa shape index (κ2) is 5.45. The molecule has 4 nitrogen and oxygen atoms in total. The number of ether oxygens (including phenoxy) is 1. The van der Waals surface area contributed by atoms with E-state index in [0.717, 1.165) is 32.5 Å². The Morgan fingerprint density at radius 1 is 1.25 bits per heavy atom. The van der Waals surface area contributed by atoms with Crippen molar-refractivity contribution in [2.45, 2.75) is 31.7 Å². The fourth-order valence-electron chi connectivity index (χ4n) is 2.99. The van der Waals surface area contributed by atoms with Crippen LogP contribution in [0.25, 0.3) is 0 Å². The molecule has 1 atom stereocenters. The van der Waals surface area contributed by atoms with E-state index in [4.69, 9.17) is 4.74 Å². The molecular formula is C12H23NO3. The average molecular weight is 229 g/mol. The molecule has 2 fully saturated rings. The highest BCUT2D eigenvalue weighted by Crippen LogP contribution is 2.38. The third kappa shape index (κ3) is 2.56. The molecule has 94 valence electrons. The van der Waals surface area contributed by atoms with Crippen molar-refractivity contribution < 1.29 is 14.9 Å². The number of rotatable bonds is 4. The van der Waals surface area contributed by atoms with Gasteiger partial charge in [0.2, 0.25) is 0 Å². The molecule has 2 aliphatic rings. The maximum absolute atomic E-state index is 9.59. The van der Waals surface area contributed by atoms with Crippen LogP contribution in [0, 0.1) is 5.41 Å². The Hall–Kier alpha value is -0.160. The van der Waals surface area contributed by atoms with E-state index in [1.807, 2.05) is 0 Å². The molecule has 0 amide bonds. The summed E-state index contributed by atoms with van der Waals surface area (Å²) in [5.41, 5.74) is 0.0881. The van der Waals surface area contributed by atoms with Gasteiger partial charge in [0.15, 0.2) is 0 Å². The summed E-state index contributed by atoms with van der Waals surface area (Å²) in [5, 5.41) is 18.9. The van der Waals surface area contributed by atoms with Gasteiger partial charge < -0.3 is 14.9 Å². The Bertz CT molecular complexity index is 216. The van der Waals surface area contributed by atoms with Gasteiger partial charge in [0.05, 0.1) is 25.9 Å². The first-order chi connectivity index (χ1) is 7.79. The van der Waals surface area contributed by atoms with E-state index in [-0.39, 0.29) is 24.7 Å². The molecule has 16 heavy (non-hydrogen) atoms. The van der Waals surface area contributed by atoms with Crippen LogP contribution < -0.4 is 0 Å². The number of hydrogen-bond donors (Lipinski definition) is 2. The standard InChI is InChI=1S/C12H23NO3/c14-7-11-8-16-6-5-13(11)9-12(10-15)3-1-2-4-12/h11,14-15H,1-10H2. The minimum atomic E-state index is 0.0881. The van der Waals surface area contributed by atoms with Gasteiger partial charge in [0.25, 0.3) is 0 Å². The number of hydrogen-bond acceptors (Lipinski definition) is 4. The van der Waals surface area contributed by atoms with Crippen molar-refractivity contribution in [3.63, 3.8) is 0 Å². The van der Waals surface area contributed by atoms with Gasteiger partial charge in [-0.2, -0.15) is 0 Å². The lowest BCUT2D eigenvalue weighted by Crippen LogP contribution is -2.52. The van der Waals surface area contributed by atoms with Crippen LogP contribution in [0.3, 0.4) is 0 Å². The van der Waals surface area contributed by atoms with Gasteiger partial charge >= 0.3 is 0 Å². The summed E-state index contributed by atoms with van der Waals surface area (Å²) in [6.07, 6.45) is 4.71. The normalized spacial score (nSPS) is 30.8. The number of morpholine rings is 1. The number of aliphatic hydroxyl groups is 2. The SMILES string of the molecule is OCC1COCCN1CC1(CO)CCCC1. The van der Waals surface area contributed by atoms with Gasteiger partial charge in [0.1, 0.15) is 0 Å². The summed E-state index contributed by atoms with van der Waals surface area (Å²) >= 11 is 0. The van der Waals surface area contributed by atoms with Gasteiger partial charge in [-0.05, 0) is 12.8 Å². The minimum absolute atomic E-state index is 0.0881. The molecule has 0 aromatic carbocycles. The maximum atomic E-state index is 9.59. The Labute approximate surface area is 97.2 Å². The molecule has 0 radical (unpaired) electrons. The Morgan fingerprint density at radius 3 is 2.62 bits per heavy atom. The van der Waals surface area contributed by atoms with Crippen molar-refractivity contribution in [2.75, 3.05) is 39.5 Å². The predicted molar refractivity (Wildman–Crippen MR) is 61.3 cm³/mol. The molecule has 2 N–H and O–H groups in total. The van der Waals surface area contributed by atoms with Crippen LogP contribution >= 0.6 is 0 Å². The molecule has 1 heterocycles. The highest BCUT2D eigenvalue weighted by Gasteiger charge is 2.37. The first kappa shape index (κ1) is 12.3. The predicted octanol–water partition coefficient (Wildman–Crippen LogP) is 0.232. The Morgan fingerprint density at radius 2 is 2.00 bits per heavy atom. The lowest BCUT2D eigenvalue weighted by molar-refractivity contribution is -0.0513. The summed E-state index contributed by atoms with van der Waals surface area (Å²) in [4.78, 5) is 2.30. The highest BCUT2D eigenvalue weighted by atomic mass is 16.5. The summed E-state index contributed by atoms with van der Waals surface area (Å²) in [5.74, 6) is 0. The van der Waals surface area contributed by atoms with Gasteiger partial charge in [-0.15, -0.1) is 0 Å². The molecule has 4 heteroatoms. The van der Waals surface area contributed by atoms with Crippen molar-refractivity contribution in [1.29, 1.82) is 0 Å². The van der Waals surface area contributed by atoms with Gasteiger partial charge in [-0.1, -0.05) is 12.8 Å². The highest BCUT2D eigenvalue weighted by molar-refractivity contribution is 4.89. The van der Waals surface area contributed by atoms with Gasteiger partial charge in [-0.25, -0.2) is 0 Å². The molecule has 0 bridgehead atoms. The molecule has 1 saturated carbocycles. The van der Waals surface area contributed by atoms with Crippen molar-refractivity contribution in [2.24, 2.45) is 5.41 Å². The monoisotopic (exact) mass is 229 g/mol. The first-order valence-electron chi connectivity index (χ1n) is 6.33. The largest absolute Gasteiger partial charge is 0.396 e. The molecule has 0 spiro atoms. The fourth-order valence-corrected chi connectivity index (χ4v) is 2.99. The zero-order valence-electron chi connectivity index (χ0n) is 9.90. The molecule has 2 rings (SSSR count). The van der Waals surface area contributed by atoms with E-state index in [1.165, 1.54) is 12.8 Å². The second-order valence-corrected chi connectivity index (χ2v) is 5.25. The second-order valence-electron chi connectivity index (χ2n) is 5.25. The van der Waals surface area contributed by atoms with Crippen LogP contribution in [0.2, 0.25) is 0 Å². The zero-order valence-corrected chi connectivity index (χ0v) is 9.90. The number of aliphatic hydroxyl groups excluding tert-OH is 2. The van der Waals surface area contributed by atoms with Crippen molar-refractivity contribution in [1.82, 2.24) is 4.90 Å². The van der Waals surface area contributed by atoms with E-state index in [9.17, 15) is 10.2 Å². The minimum Gasteiger partial charge on any atom is -0.396 e. The summed E-state index contributed by atoms with van der Waals surface area (Å²) in [6.45, 7) is 3.60. The van der Waals surface area contributed by atoms with Crippen molar-refractivity contribution in [3.05, 3.63) is 0 Å². The van der Waals surface area contributed by atoms with Crippen molar-refractivity contribution in [3.8, 4) is 0 Å². The van der Waals surface area contributed by atoms with E-state index >= 15 is 0 Å². The van der Waals surface area contributed by atoms with E-state index in [1.54, 1.807) is 0 Å². The van der Waals surface area contributed by atoms with E-state index in [0.29, 0.717) is 6.61 Å². The molecule has 1 unspecified atom stereocenters. The van der Waals surface area contributed by atoms with Crippen LogP contribution in [0.4, 0.5) is 0 Å². The quantitative estimate of drug-likeness (QED) is 0.725. The topological polar surface area (TPSA) is 52.9 Å². The summed E-state index contributed by atoms with van der Waals surface area (Å²) < 4.78 is 5.37. The van der Waals surface area contributed by atoms with Crippen LogP contribution in [-0.2, 0) is 4.74 Å². The summed E-state index contributed by atoms with van der Waals surface area (Å²) in [7, 11) is 0. The van der Waals surface area contributed by atoms with Crippen LogP contribution in [-0.4, -0.2) is 60.7 Å². The average Bonchev–Trinajstić information content (AvgIpc) is 2.79. The lowest BCUT2D eigenvalue weighted by atomic mass is 9.86. The fraction of sp³-hybridized carbons (Fsp3) is 1.00. The lowest BCUT2D eigenvalue weighted by Gasteiger charge is -2.40.